The van der Waals surface area contributed by atoms with Gasteiger partial charge in [0.05, 0.1) is 17.9 Å². The molecule has 1 aromatic heterocycles. The van der Waals surface area contributed by atoms with Crippen LogP contribution in [0.5, 0.6) is 5.75 Å². The number of carbonyl (C=O) groups excluding carboxylic acids is 2. The summed E-state index contributed by atoms with van der Waals surface area (Å²) in [5, 5.41) is 1.81. The van der Waals surface area contributed by atoms with E-state index < -0.39 is 5.97 Å². The number of thiazole rings is 1. The van der Waals surface area contributed by atoms with Crippen LogP contribution in [-0.4, -0.2) is 29.7 Å². The van der Waals surface area contributed by atoms with E-state index in [1.807, 2.05) is 61.5 Å². The van der Waals surface area contributed by atoms with E-state index in [2.05, 4.69) is 4.99 Å². The van der Waals surface area contributed by atoms with E-state index in [0.717, 1.165) is 21.0 Å². The summed E-state index contributed by atoms with van der Waals surface area (Å²) in [5.74, 6) is -0.119. The van der Waals surface area contributed by atoms with Crippen molar-refractivity contribution in [3.05, 3.63) is 71.0 Å². The standard InChI is InChI=1S/C24H22N2O4S/c1-3-29-19-13-8-14-20-22(19)26(15-21(27)30-4-2)24(31-20)25-23(28)18-12-7-10-16-9-5-6-11-17(16)18/h5-14H,3-4,15H2,1-2H3. The van der Waals surface area contributed by atoms with Crippen molar-refractivity contribution >= 4 is 44.2 Å². The van der Waals surface area contributed by atoms with Gasteiger partial charge in [-0.25, -0.2) is 0 Å². The van der Waals surface area contributed by atoms with Crippen LogP contribution in [0.3, 0.4) is 0 Å². The van der Waals surface area contributed by atoms with Crippen molar-refractivity contribution < 1.29 is 19.1 Å². The molecule has 0 atom stereocenters. The van der Waals surface area contributed by atoms with E-state index in [1.54, 1.807) is 17.6 Å². The number of rotatable bonds is 6. The zero-order valence-corrected chi connectivity index (χ0v) is 18.1. The first-order chi connectivity index (χ1) is 15.1. The number of amides is 1. The van der Waals surface area contributed by atoms with Crippen molar-refractivity contribution in [2.75, 3.05) is 13.2 Å². The van der Waals surface area contributed by atoms with Crippen LogP contribution in [0.25, 0.3) is 21.0 Å². The van der Waals surface area contributed by atoms with Gasteiger partial charge in [0.2, 0.25) is 0 Å². The van der Waals surface area contributed by atoms with Gasteiger partial charge in [-0.05, 0) is 42.8 Å². The zero-order chi connectivity index (χ0) is 21.8. The minimum Gasteiger partial charge on any atom is -0.492 e. The van der Waals surface area contributed by atoms with E-state index in [9.17, 15) is 9.59 Å². The molecule has 3 aromatic carbocycles. The second-order valence-electron chi connectivity index (χ2n) is 6.76. The molecule has 4 aromatic rings. The summed E-state index contributed by atoms with van der Waals surface area (Å²) in [6, 6.07) is 18.9. The average Bonchev–Trinajstić information content (AvgIpc) is 3.11. The molecule has 0 N–H and O–H groups in total. The van der Waals surface area contributed by atoms with Gasteiger partial charge in [0.25, 0.3) is 5.91 Å². The minimum absolute atomic E-state index is 0.0560. The summed E-state index contributed by atoms with van der Waals surface area (Å²) < 4.78 is 13.5. The van der Waals surface area contributed by atoms with Crippen LogP contribution in [0.15, 0.2) is 65.7 Å². The number of esters is 1. The Morgan fingerprint density at radius 1 is 0.968 bits per heavy atom. The van der Waals surface area contributed by atoms with Crippen molar-refractivity contribution in [2.45, 2.75) is 20.4 Å². The summed E-state index contributed by atoms with van der Waals surface area (Å²) >= 11 is 1.34. The van der Waals surface area contributed by atoms with Gasteiger partial charge < -0.3 is 14.0 Å². The van der Waals surface area contributed by atoms with Gasteiger partial charge >= 0.3 is 5.97 Å². The summed E-state index contributed by atoms with van der Waals surface area (Å²) in [4.78, 5) is 30.3. The largest absolute Gasteiger partial charge is 0.492 e. The highest BCUT2D eigenvalue weighted by atomic mass is 32.1. The molecule has 0 saturated carbocycles. The van der Waals surface area contributed by atoms with Gasteiger partial charge in [0.1, 0.15) is 17.8 Å². The number of hydrogen-bond acceptors (Lipinski definition) is 5. The molecule has 4 rings (SSSR count). The smallest absolute Gasteiger partial charge is 0.326 e. The maximum absolute atomic E-state index is 13.2. The fourth-order valence-electron chi connectivity index (χ4n) is 3.50. The first kappa shape index (κ1) is 20.8. The third-order valence-electron chi connectivity index (χ3n) is 4.77. The van der Waals surface area contributed by atoms with Crippen molar-refractivity contribution in [3.63, 3.8) is 0 Å². The highest BCUT2D eigenvalue weighted by Gasteiger charge is 2.17. The van der Waals surface area contributed by atoms with E-state index in [-0.39, 0.29) is 19.1 Å². The van der Waals surface area contributed by atoms with E-state index >= 15 is 0 Å². The molecule has 158 valence electrons. The lowest BCUT2D eigenvalue weighted by Crippen LogP contribution is -2.23. The van der Waals surface area contributed by atoms with Crippen molar-refractivity contribution in [1.29, 1.82) is 0 Å². The molecule has 7 heteroatoms. The first-order valence-electron chi connectivity index (χ1n) is 10.1. The Labute approximate surface area is 183 Å². The molecule has 6 nitrogen and oxygen atoms in total. The summed E-state index contributed by atoms with van der Waals surface area (Å²) in [5.41, 5.74) is 1.25. The molecule has 1 amide bonds. The number of hydrogen-bond donors (Lipinski definition) is 0. The lowest BCUT2D eigenvalue weighted by atomic mass is 10.0. The van der Waals surface area contributed by atoms with Crippen molar-refractivity contribution in [2.24, 2.45) is 4.99 Å². The predicted octanol–water partition coefficient (Wildman–Crippen LogP) is 4.56. The Kier molecular flexibility index (Phi) is 6.13. The first-order valence-corrected chi connectivity index (χ1v) is 10.9. The summed E-state index contributed by atoms with van der Waals surface area (Å²) in [7, 11) is 0. The maximum atomic E-state index is 13.2. The Balaban J connectivity index is 1.89. The summed E-state index contributed by atoms with van der Waals surface area (Å²) in [6.45, 7) is 4.36. The van der Waals surface area contributed by atoms with Crippen LogP contribution < -0.4 is 9.54 Å². The lowest BCUT2D eigenvalue weighted by molar-refractivity contribution is -0.143. The second-order valence-corrected chi connectivity index (χ2v) is 7.76. The molecule has 0 saturated heterocycles. The van der Waals surface area contributed by atoms with Gasteiger partial charge in [0.15, 0.2) is 4.80 Å². The Morgan fingerprint density at radius 3 is 2.55 bits per heavy atom. The van der Waals surface area contributed by atoms with E-state index in [0.29, 0.717) is 22.7 Å². The van der Waals surface area contributed by atoms with Gasteiger partial charge in [-0.2, -0.15) is 4.99 Å². The highest BCUT2D eigenvalue weighted by molar-refractivity contribution is 7.16. The molecule has 0 fully saturated rings. The second kappa shape index (κ2) is 9.14. The van der Waals surface area contributed by atoms with Crippen LogP contribution in [0.4, 0.5) is 0 Å². The number of fused-ring (bicyclic) bond motifs is 2. The number of ether oxygens (including phenoxy) is 2. The van der Waals surface area contributed by atoms with Gasteiger partial charge in [-0.3, -0.25) is 9.59 Å². The summed E-state index contributed by atoms with van der Waals surface area (Å²) in [6.07, 6.45) is 0. The van der Waals surface area contributed by atoms with Crippen LogP contribution in [0, 0.1) is 0 Å². The van der Waals surface area contributed by atoms with Crippen LogP contribution in [0.1, 0.15) is 24.2 Å². The number of benzene rings is 3. The van der Waals surface area contributed by atoms with Crippen LogP contribution in [0.2, 0.25) is 0 Å². The molecule has 0 aliphatic carbocycles. The molecule has 1 heterocycles. The molecule has 0 radical (unpaired) electrons. The predicted molar refractivity (Wildman–Crippen MR) is 121 cm³/mol. The van der Waals surface area contributed by atoms with E-state index in [1.165, 1.54) is 11.3 Å². The number of nitrogens with zero attached hydrogens (tertiary/aromatic N) is 2. The molecule has 0 unspecified atom stereocenters. The third-order valence-corrected chi connectivity index (χ3v) is 5.82. The fourth-order valence-corrected chi connectivity index (χ4v) is 4.54. The SMILES string of the molecule is CCOC(=O)Cn1c(=NC(=O)c2cccc3ccccc23)sc2cccc(OCC)c21. The number of para-hydroxylation sites is 1. The van der Waals surface area contributed by atoms with E-state index in [4.69, 9.17) is 9.47 Å². The molecule has 31 heavy (non-hydrogen) atoms. The Morgan fingerprint density at radius 2 is 1.74 bits per heavy atom. The van der Waals surface area contributed by atoms with Gasteiger partial charge in [-0.1, -0.05) is 53.8 Å². The van der Waals surface area contributed by atoms with Crippen LogP contribution >= 0.6 is 11.3 Å². The monoisotopic (exact) mass is 434 g/mol. The third kappa shape index (κ3) is 4.22. The Hall–Kier alpha value is -3.45. The number of carbonyl (C=O) groups is 2. The van der Waals surface area contributed by atoms with Crippen molar-refractivity contribution in [1.82, 2.24) is 4.57 Å². The molecular formula is C24H22N2O4S. The molecule has 0 spiro atoms. The zero-order valence-electron chi connectivity index (χ0n) is 17.3. The molecule has 0 aliphatic heterocycles. The molecule has 0 bridgehead atoms. The molecular weight excluding hydrogens is 412 g/mol. The Bertz CT molecular complexity index is 1330. The van der Waals surface area contributed by atoms with Crippen molar-refractivity contribution in [3.8, 4) is 5.75 Å². The lowest BCUT2D eigenvalue weighted by Gasteiger charge is -2.09. The maximum Gasteiger partial charge on any atom is 0.326 e. The van der Waals surface area contributed by atoms with Crippen LogP contribution in [-0.2, 0) is 16.1 Å². The van der Waals surface area contributed by atoms with Gasteiger partial charge in [-0.15, -0.1) is 0 Å². The molecule has 0 aliphatic rings. The topological polar surface area (TPSA) is 69.9 Å². The average molecular weight is 435 g/mol. The minimum atomic E-state index is -0.396. The van der Waals surface area contributed by atoms with Gasteiger partial charge in [0, 0.05) is 5.56 Å². The normalized spacial score (nSPS) is 11.7. The quantitative estimate of drug-likeness (QED) is 0.417. The highest BCUT2D eigenvalue weighted by Crippen LogP contribution is 2.28. The fraction of sp³-hybridized carbons (Fsp3) is 0.208. The number of aromatic nitrogens is 1.